The predicted molar refractivity (Wildman–Crippen MR) is 57.8 cm³/mol. The van der Waals surface area contributed by atoms with Crippen LogP contribution in [0.4, 0.5) is 0 Å². The van der Waals surface area contributed by atoms with Crippen LogP contribution in [-0.4, -0.2) is 14.6 Å². The highest BCUT2D eigenvalue weighted by Gasteiger charge is 1.80. The zero-order valence-electron chi connectivity index (χ0n) is 8.09. The molecule has 1 nitrogen and oxygen atoms in total. The third kappa shape index (κ3) is 7.07. The van der Waals surface area contributed by atoms with Crippen molar-refractivity contribution < 1.29 is 0 Å². The van der Waals surface area contributed by atoms with E-state index in [4.69, 9.17) is 13.3 Å². The van der Waals surface area contributed by atoms with Gasteiger partial charge < -0.3 is 5.41 Å². The van der Waals surface area contributed by atoms with Crippen LogP contribution >= 0.6 is 0 Å². The molecular weight excluding hydrogens is 145 g/mol. The third-order valence-electron chi connectivity index (χ3n) is 1.04. The van der Waals surface area contributed by atoms with E-state index in [-0.39, 0.29) is 0 Å². The zero-order valence-corrected chi connectivity index (χ0v) is 8.09. The van der Waals surface area contributed by atoms with E-state index in [1.807, 2.05) is 45.0 Å². The van der Waals surface area contributed by atoms with Gasteiger partial charge in [-0.3, -0.25) is 0 Å². The average Bonchev–Trinajstić information content (AvgIpc) is 2.11. The van der Waals surface area contributed by atoms with Crippen LogP contribution in [0.25, 0.3) is 0 Å². The Morgan fingerprint density at radius 3 is 2.00 bits per heavy atom. The van der Waals surface area contributed by atoms with Crippen molar-refractivity contribution >= 4 is 20.0 Å². The van der Waals surface area contributed by atoms with E-state index in [0.717, 1.165) is 5.46 Å². The van der Waals surface area contributed by atoms with E-state index >= 15 is 0 Å². The molecule has 1 rings (SSSR count). The number of rotatable bonds is 0. The Labute approximate surface area is 76.7 Å². The van der Waals surface area contributed by atoms with Crippen molar-refractivity contribution in [3.05, 3.63) is 29.8 Å². The molecule has 0 saturated heterocycles. The van der Waals surface area contributed by atoms with Crippen molar-refractivity contribution in [1.82, 2.24) is 0 Å². The Bertz CT molecular complexity index is 182. The van der Waals surface area contributed by atoms with Gasteiger partial charge in [0.2, 0.25) is 0 Å². The summed E-state index contributed by atoms with van der Waals surface area (Å²) in [6.45, 7) is 8.52. The van der Waals surface area contributed by atoms with Gasteiger partial charge in [-0.15, -0.1) is 0 Å². The fourth-order valence-corrected chi connectivity index (χ4v) is 0.670. The third-order valence-corrected chi connectivity index (χ3v) is 1.04. The Balaban J connectivity index is 0. The second kappa shape index (κ2) is 9.95. The van der Waals surface area contributed by atoms with Crippen LogP contribution in [0.2, 0.25) is 0 Å². The highest BCUT2D eigenvalue weighted by molar-refractivity contribution is 6.32. The minimum atomic E-state index is 0.838. The topological polar surface area (TPSA) is 23.9 Å². The lowest BCUT2D eigenvalue weighted by molar-refractivity contribution is 1.50. The minimum Gasteiger partial charge on any atom is -0.317 e. The Morgan fingerprint density at radius 2 is 1.75 bits per heavy atom. The molecule has 2 heteroatoms. The molecular formula is C10H16BN. The maximum atomic E-state index is 5.50. The molecule has 0 aliphatic rings. The van der Waals surface area contributed by atoms with Crippen molar-refractivity contribution in [2.75, 3.05) is 0 Å². The molecule has 64 valence electrons. The van der Waals surface area contributed by atoms with Crippen LogP contribution in [-0.2, 0) is 0 Å². The van der Waals surface area contributed by atoms with Crippen LogP contribution in [0.5, 0.6) is 0 Å². The fourth-order valence-electron chi connectivity index (χ4n) is 0.670. The predicted octanol–water partition coefficient (Wildman–Crippen LogP) is 2.08. The molecule has 0 aliphatic carbocycles. The number of hydrogen-bond acceptors (Lipinski definition) is 1. The molecule has 0 amide bonds. The van der Waals surface area contributed by atoms with Crippen molar-refractivity contribution in [3.8, 4) is 0 Å². The molecule has 0 unspecified atom stereocenters. The standard InChI is InChI=1S/C7H7B.C2H6.CH3N/c1-6-3-2-4-7(8)5-6;2*1-2/h2-5H,1H3;1-2H3;2H,1H2. The Kier molecular flexibility index (Phi) is 11.2. The molecule has 0 fully saturated rings. The van der Waals surface area contributed by atoms with Crippen molar-refractivity contribution in [2.24, 2.45) is 0 Å². The molecule has 2 radical (unpaired) electrons. The largest absolute Gasteiger partial charge is 0.317 e. The number of hydrogen-bond donors (Lipinski definition) is 1. The first-order valence-corrected chi connectivity index (χ1v) is 3.96. The SMILES string of the molecule is C=N.CC.[B]c1cccc(C)c1. The van der Waals surface area contributed by atoms with Crippen LogP contribution in [0, 0.1) is 12.3 Å². The smallest absolute Gasteiger partial charge is 0.113 e. The molecule has 1 N–H and O–H groups in total. The lowest BCUT2D eigenvalue weighted by Crippen LogP contribution is -1.99. The molecule has 1 aromatic carbocycles. The first kappa shape index (κ1) is 13.5. The minimum absolute atomic E-state index is 0.838. The van der Waals surface area contributed by atoms with Crippen LogP contribution < -0.4 is 5.46 Å². The number of nitrogens with one attached hydrogen (secondary N) is 1. The van der Waals surface area contributed by atoms with Gasteiger partial charge in [-0.1, -0.05) is 49.1 Å². The molecule has 0 saturated carbocycles. The molecule has 0 atom stereocenters. The highest BCUT2D eigenvalue weighted by Crippen LogP contribution is 1.89. The molecule has 0 bridgehead atoms. The zero-order chi connectivity index (χ0) is 9.98. The van der Waals surface area contributed by atoms with Gasteiger partial charge in [-0.25, -0.2) is 0 Å². The van der Waals surface area contributed by atoms with Crippen molar-refractivity contribution in [2.45, 2.75) is 20.8 Å². The second-order valence-electron chi connectivity index (χ2n) is 1.91. The van der Waals surface area contributed by atoms with E-state index < -0.39 is 0 Å². The van der Waals surface area contributed by atoms with Gasteiger partial charge in [0.1, 0.15) is 7.85 Å². The Hall–Kier alpha value is -1.05. The highest BCUT2D eigenvalue weighted by atomic mass is 14.2. The van der Waals surface area contributed by atoms with E-state index in [1.165, 1.54) is 5.56 Å². The van der Waals surface area contributed by atoms with Gasteiger partial charge in [0.05, 0.1) is 0 Å². The van der Waals surface area contributed by atoms with Crippen molar-refractivity contribution in [3.63, 3.8) is 0 Å². The monoisotopic (exact) mass is 161 g/mol. The first-order valence-electron chi connectivity index (χ1n) is 3.96. The normalized spacial score (nSPS) is 6.92. The molecule has 0 aliphatic heterocycles. The van der Waals surface area contributed by atoms with E-state index in [9.17, 15) is 0 Å². The Morgan fingerprint density at radius 1 is 1.25 bits per heavy atom. The van der Waals surface area contributed by atoms with Crippen molar-refractivity contribution in [1.29, 1.82) is 5.41 Å². The summed E-state index contributed by atoms with van der Waals surface area (Å²) in [5.41, 5.74) is 2.05. The maximum absolute atomic E-state index is 5.50. The average molecular weight is 161 g/mol. The molecule has 12 heavy (non-hydrogen) atoms. The quantitative estimate of drug-likeness (QED) is 0.445. The van der Waals surface area contributed by atoms with E-state index in [2.05, 4.69) is 6.72 Å². The number of benzene rings is 1. The summed E-state index contributed by atoms with van der Waals surface area (Å²) in [6.07, 6.45) is 0. The number of aryl methyl sites for hydroxylation is 1. The van der Waals surface area contributed by atoms with Crippen LogP contribution in [0.15, 0.2) is 24.3 Å². The van der Waals surface area contributed by atoms with Crippen LogP contribution in [0.3, 0.4) is 0 Å². The summed E-state index contributed by atoms with van der Waals surface area (Å²) in [4.78, 5) is 0. The van der Waals surface area contributed by atoms with Gasteiger partial charge in [0.25, 0.3) is 0 Å². The summed E-state index contributed by atoms with van der Waals surface area (Å²) in [5.74, 6) is 0. The summed E-state index contributed by atoms with van der Waals surface area (Å²) in [6, 6.07) is 7.80. The lowest BCUT2D eigenvalue weighted by atomic mass is 9.95. The van der Waals surface area contributed by atoms with Gasteiger partial charge >= 0.3 is 0 Å². The van der Waals surface area contributed by atoms with Crippen LogP contribution in [0.1, 0.15) is 19.4 Å². The second-order valence-corrected chi connectivity index (χ2v) is 1.91. The van der Waals surface area contributed by atoms with Gasteiger partial charge in [0.15, 0.2) is 0 Å². The van der Waals surface area contributed by atoms with E-state index in [0.29, 0.717) is 0 Å². The lowest BCUT2D eigenvalue weighted by Gasteiger charge is -1.91. The maximum Gasteiger partial charge on any atom is 0.113 e. The molecule has 0 heterocycles. The first-order chi connectivity index (χ1) is 5.79. The molecule has 1 aromatic rings. The van der Waals surface area contributed by atoms with E-state index in [1.54, 1.807) is 0 Å². The summed E-state index contributed by atoms with van der Waals surface area (Å²) in [5, 5.41) is 5.50. The summed E-state index contributed by atoms with van der Waals surface area (Å²) in [7, 11) is 5.46. The fraction of sp³-hybridized carbons (Fsp3) is 0.300. The molecule has 0 spiro atoms. The van der Waals surface area contributed by atoms with Gasteiger partial charge in [0, 0.05) is 0 Å². The van der Waals surface area contributed by atoms with Gasteiger partial charge in [-0.2, -0.15) is 0 Å². The molecule has 0 aromatic heterocycles. The summed E-state index contributed by atoms with van der Waals surface area (Å²) < 4.78 is 0. The van der Waals surface area contributed by atoms with Gasteiger partial charge in [-0.05, 0) is 13.6 Å². The summed E-state index contributed by atoms with van der Waals surface area (Å²) >= 11 is 0.